The van der Waals surface area contributed by atoms with Crippen molar-refractivity contribution in [3.8, 4) is 23.0 Å². The molecule has 1 amide bonds. The van der Waals surface area contributed by atoms with Gasteiger partial charge in [0.25, 0.3) is 5.91 Å². The summed E-state index contributed by atoms with van der Waals surface area (Å²) in [5.41, 5.74) is 1.84. The summed E-state index contributed by atoms with van der Waals surface area (Å²) in [5.74, 6) is -0.205. The number of carbonyl (C=O) groups excluding carboxylic acids is 2. The van der Waals surface area contributed by atoms with E-state index in [4.69, 9.17) is 18.9 Å². The largest absolute Gasteiger partial charge is 0.503 e. The summed E-state index contributed by atoms with van der Waals surface area (Å²) in [6.07, 6.45) is 2.11. The summed E-state index contributed by atoms with van der Waals surface area (Å²) in [5, 5.41) is 12.7. The molecule has 1 heterocycles. The first-order chi connectivity index (χ1) is 18.2. The van der Waals surface area contributed by atoms with E-state index in [-0.39, 0.29) is 17.4 Å². The summed E-state index contributed by atoms with van der Waals surface area (Å²) < 4.78 is 21.6. The minimum Gasteiger partial charge on any atom is -0.503 e. The lowest BCUT2D eigenvalue weighted by Gasteiger charge is -2.26. The van der Waals surface area contributed by atoms with Gasteiger partial charge in [0.05, 0.1) is 21.3 Å². The van der Waals surface area contributed by atoms with Gasteiger partial charge in [-0.05, 0) is 62.1 Å². The van der Waals surface area contributed by atoms with Gasteiger partial charge in [0.15, 0.2) is 17.2 Å². The number of carbonyl (C=O) groups is 2. The molecule has 3 rings (SSSR count). The van der Waals surface area contributed by atoms with Crippen LogP contribution in [-0.4, -0.2) is 55.4 Å². The van der Waals surface area contributed by atoms with Crippen molar-refractivity contribution in [1.29, 1.82) is 0 Å². The third-order valence-corrected chi connectivity index (χ3v) is 6.25. The molecule has 2 atom stereocenters. The Morgan fingerprint density at radius 2 is 1.47 bits per heavy atom. The highest BCUT2D eigenvalue weighted by Gasteiger charge is 2.27. The van der Waals surface area contributed by atoms with Crippen molar-refractivity contribution in [3.05, 3.63) is 77.6 Å². The summed E-state index contributed by atoms with van der Waals surface area (Å²) in [6.45, 7) is 3.36. The lowest BCUT2D eigenvalue weighted by atomic mass is 9.88. The van der Waals surface area contributed by atoms with Crippen molar-refractivity contribution in [1.82, 2.24) is 10.3 Å². The number of pyridine rings is 1. The van der Waals surface area contributed by atoms with E-state index in [1.54, 1.807) is 14.2 Å². The Balaban J connectivity index is 1.73. The Kier molecular flexibility index (Phi) is 9.92. The molecule has 0 bridgehead atoms. The topological polar surface area (TPSA) is 116 Å². The van der Waals surface area contributed by atoms with Crippen LogP contribution in [0.4, 0.5) is 0 Å². The molecular formula is C29H34N2O7. The van der Waals surface area contributed by atoms with E-state index in [0.717, 1.165) is 22.6 Å². The number of rotatable bonds is 12. The van der Waals surface area contributed by atoms with Crippen LogP contribution >= 0.6 is 0 Å². The van der Waals surface area contributed by atoms with Crippen molar-refractivity contribution >= 4 is 11.9 Å². The Bertz CT molecular complexity index is 1200. The number of aromatic nitrogens is 1. The molecule has 2 N–H and O–H groups in total. The fourth-order valence-corrected chi connectivity index (χ4v) is 4.08. The molecule has 9 heteroatoms. The highest BCUT2D eigenvalue weighted by molar-refractivity contribution is 5.97. The van der Waals surface area contributed by atoms with Crippen LogP contribution in [0.2, 0.25) is 0 Å². The maximum absolute atomic E-state index is 13.0. The molecular weight excluding hydrogens is 488 g/mol. The van der Waals surface area contributed by atoms with Crippen molar-refractivity contribution in [2.75, 3.05) is 21.3 Å². The monoisotopic (exact) mass is 522 g/mol. The number of methoxy groups -OCH3 is 3. The minimum absolute atomic E-state index is 0.0786. The van der Waals surface area contributed by atoms with E-state index >= 15 is 0 Å². The second-order valence-corrected chi connectivity index (χ2v) is 8.92. The van der Waals surface area contributed by atoms with E-state index in [1.165, 1.54) is 26.3 Å². The number of esters is 1. The molecule has 0 radical (unpaired) electrons. The Hall–Kier alpha value is -4.27. The molecule has 3 aromatic rings. The number of hydrogen-bond acceptors (Lipinski definition) is 8. The number of nitrogens with zero attached hydrogens (tertiary/aromatic N) is 1. The van der Waals surface area contributed by atoms with E-state index in [1.807, 2.05) is 55.5 Å². The molecule has 0 spiro atoms. The second kappa shape index (κ2) is 13.3. The van der Waals surface area contributed by atoms with Crippen LogP contribution in [-0.2, 0) is 22.4 Å². The van der Waals surface area contributed by atoms with Crippen molar-refractivity contribution in [3.63, 3.8) is 0 Å². The van der Waals surface area contributed by atoms with Crippen LogP contribution in [0.5, 0.6) is 23.0 Å². The zero-order valence-electron chi connectivity index (χ0n) is 22.3. The Labute approximate surface area is 222 Å². The van der Waals surface area contributed by atoms with Gasteiger partial charge in [0, 0.05) is 18.2 Å². The molecule has 0 saturated carbocycles. The van der Waals surface area contributed by atoms with Crippen LogP contribution in [0.1, 0.15) is 35.5 Å². The van der Waals surface area contributed by atoms with E-state index in [0.29, 0.717) is 12.8 Å². The number of hydrogen-bond donors (Lipinski definition) is 2. The van der Waals surface area contributed by atoms with E-state index < -0.39 is 29.8 Å². The van der Waals surface area contributed by atoms with Gasteiger partial charge < -0.3 is 29.4 Å². The van der Waals surface area contributed by atoms with Crippen LogP contribution < -0.4 is 19.5 Å². The number of nitrogens with one attached hydrogen (secondary N) is 1. The zero-order valence-corrected chi connectivity index (χ0v) is 22.3. The molecule has 9 nitrogen and oxygen atoms in total. The molecule has 202 valence electrons. The van der Waals surface area contributed by atoms with Crippen LogP contribution in [0.3, 0.4) is 0 Å². The fraction of sp³-hybridized carbons (Fsp3) is 0.345. The zero-order chi connectivity index (χ0) is 27.7. The third kappa shape index (κ3) is 7.38. The predicted octanol–water partition coefficient (Wildman–Crippen LogP) is 3.96. The van der Waals surface area contributed by atoms with Gasteiger partial charge in [-0.25, -0.2) is 9.78 Å². The minimum atomic E-state index is -0.980. The smallest absolute Gasteiger partial charge is 0.328 e. The molecule has 0 saturated heterocycles. The fourth-order valence-electron chi connectivity index (χ4n) is 4.08. The first-order valence-corrected chi connectivity index (χ1v) is 12.2. The van der Waals surface area contributed by atoms with Gasteiger partial charge in [-0.3, -0.25) is 4.79 Å². The maximum Gasteiger partial charge on any atom is 0.328 e. The van der Waals surface area contributed by atoms with Gasteiger partial charge in [0.1, 0.15) is 23.6 Å². The standard InChI is InChI=1S/C29H34N2O7/c1-18(31-28(33)26-27(32)25(37-5)12-13-30-26)29(34)38-19(2)22(14-20-8-6-10-23(16-20)35-3)15-21-9-7-11-24(17-21)36-4/h6-13,16-19,22,32H,14-15H2,1-5H3,(H,31,33)/t18-,19-/m0/s1. The van der Waals surface area contributed by atoms with Crippen molar-refractivity contribution < 1.29 is 33.6 Å². The lowest BCUT2D eigenvalue weighted by Crippen LogP contribution is -2.42. The highest BCUT2D eigenvalue weighted by Crippen LogP contribution is 2.28. The number of aromatic hydroxyl groups is 1. The quantitative estimate of drug-likeness (QED) is 0.344. The number of ether oxygens (including phenoxy) is 4. The van der Waals surface area contributed by atoms with Gasteiger partial charge in [0.2, 0.25) is 0 Å². The molecule has 2 aromatic carbocycles. The van der Waals surface area contributed by atoms with Gasteiger partial charge in [-0.15, -0.1) is 0 Å². The first-order valence-electron chi connectivity index (χ1n) is 12.2. The lowest BCUT2D eigenvalue weighted by molar-refractivity contribution is -0.152. The Morgan fingerprint density at radius 1 is 0.895 bits per heavy atom. The maximum atomic E-state index is 13.0. The van der Waals surface area contributed by atoms with Crippen molar-refractivity contribution in [2.45, 2.75) is 38.8 Å². The molecule has 0 fully saturated rings. The highest BCUT2D eigenvalue weighted by atomic mass is 16.5. The Morgan fingerprint density at radius 3 is 2.00 bits per heavy atom. The first kappa shape index (κ1) is 28.3. The van der Waals surface area contributed by atoms with Crippen LogP contribution in [0, 0.1) is 5.92 Å². The average molecular weight is 523 g/mol. The summed E-state index contributed by atoms with van der Waals surface area (Å²) in [6, 6.07) is 16.0. The van der Waals surface area contributed by atoms with E-state index in [2.05, 4.69) is 10.3 Å². The SMILES string of the molecule is COc1cccc(CC(Cc2cccc(OC)c2)[C@H](C)OC(=O)[C@H](C)NC(=O)c2nccc(OC)c2O)c1. The normalized spacial score (nSPS) is 12.4. The molecule has 0 aliphatic carbocycles. The number of amides is 1. The van der Waals surface area contributed by atoms with Gasteiger partial charge in [-0.2, -0.15) is 0 Å². The second-order valence-electron chi connectivity index (χ2n) is 8.92. The van der Waals surface area contributed by atoms with Crippen LogP contribution in [0.25, 0.3) is 0 Å². The molecule has 0 unspecified atom stereocenters. The summed E-state index contributed by atoms with van der Waals surface area (Å²) in [7, 11) is 4.60. The molecule has 0 aliphatic heterocycles. The van der Waals surface area contributed by atoms with Gasteiger partial charge in [-0.1, -0.05) is 24.3 Å². The van der Waals surface area contributed by atoms with Crippen molar-refractivity contribution in [2.24, 2.45) is 5.92 Å². The summed E-state index contributed by atoms with van der Waals surface area (Å²) in [4.78, 5) is 29.5. The summed E-state index contributed by atoms with van der Waals surface area (Å²) >= 11 is 0. The van der Waals surface area contributed by atoms with Crippen LogP contribution in [0.15, 0.2) is 60.8 Å². The number of benzene rings is 2. The molecule has 38 heavy (non-hydrogen) atoms. The van der Waals surface area contributed by atoms with Gasteiger partial charge >= 0.3 is 5.97 Å². The predicted molar refractivity (Wildman–Crippen MR) is 142 cm³/mol. The molecule has 0 aliphatic rings. The third-order valence-electron chi connectivity index (χ3n) is 6.25. The molecule has 1 aromatic heterocycles. The average Bonchev–Trinajstić information content (AvgIpc) is 2.92. The van der Waals surface area contributed by atoms with E-state index in [9.17, 15) is 14.7 Å².